The highest BCUT2D eigenvalue weighted by Crippen LogP contribution is 2.50. The van der Waals surface area contributed by atoms with Gasteiger partial charge >= 0.3 is 0 Å². The summed E-state index contributed by atoms with van der Waals surface area (Å²) < 4.78 is 17.0. The van der Waals surface area contributed by atoms with E-state index in [2.05, 4.69) is 0 Å². The molecule has 3 rings (SSSR count). The molecule has 4 nitrogen and oxygen atoms in total. The molecular weight excluding hydrogens is 290 g/mol. The van der Waals surface area contributed by atoms with Gasteiger partial charge in [0.25, 0.3) is 0 Å². The van der Waals surface area contributed by atoms with Gasteiger partial charge in [-0.25, -0.2) is 0 Å². The van der Waals surface area contributed by atoms with Crippen molar-refractivity contribution < 1.29 is 14.2 Å². The zero-order chi connectivity index (χ0) is 14.1. The minimum Gasteiger partial charge on any atom is -0.496 e. The summed E-state index contributed by atoms with van der Waals surface area (Å²) in [6.45, 7) is 0.414. The second kappa shape index (κ2) is 6.24. The van der Waals surface area contributed by atoms with Crippen molar-refractivity contribution in [3.8, 4) is 28.4 Å². The third-order valence-corrected chi connectivity index (χ3v) is 3.57. The quantitative estimate of drug-likeness (QED) is 0.946. The lowest BCUT2D eigenvalue weighted by Gasteiger charge is -2.30. The Balaban J connectivity index is 0.00000161. The fourth-order valence-electron chi connectivity index (χ4n) is 2.67. The third kappa shape index (κ3) is 2.41. The average Bonchev–Trinajstić information content (AvgIpc) is 2.52. The molecule has 0 spiro atoms. The first-order chi connectivity index (χ1) is 9.80. The van der Waals surface area contributed by atoms with Gasteiger partial charge in [-0.2, -0.15) is 0 Å². The standard InChI is InChI=1S/C16H17NO3.ClH/c1-18-11-6-3-5-10-14(9-17)20-13-8-4-7-12(19-2)16(13)15(10)11;/h3-8,14H,9,17H2,1-2H3;1H. The minimum absolute atomic E-state index is 0. The SMILES string of the molecule is COc1cccc2c1-c1c(OC)cccc1C(CN)O2.Cl. The second-order valence-electron chi connectivity index (χ2n) is 4.60. The van der Waals surface area contributed by atoms with Crippen molar-refractivity contribution in [1.82, 2.24) is 0 Å². The Hall–Kier alpha value is -1.91. The average molecular weight is 308 g/mol. The summed E-state index contributed by atoms with van der Waals surface area (Å²) in [6, 6.07) is 11.7. The van der Waals surface area contributed by atoms with E-state index in [9.17, 15) is 0 Å². The van der Waals surface area contributed by atoms with Crippen LogP contribution in [0.4, 0.5) is 0 Å². The lowest BCUT2D eigenvalue weighted by atomic mass is 9.91. The van der Waals surface area contributed by atoms with Crippen LogP contribution < -0.4 is 19.9 Å². The Morgan fingerprint density at radius 2 is 1.62 bits per heavy atom. The fourth-order valence-corrected chi connectivity index (χ4v) is 2.67. The number of methoxy groups -OCH3 is 2. The summed E-state index contributed by atoms with van der Waals surface area (Å²) in [5.74, 6) is 2.34. The summed E-state index contributed by atoms with van der Waals surface area (Å²) in [4.78, 5) is 0. The van der Waals surface area contributed by atoms with Gasteiger partial charge in [-0.3, -0.25) is 0 Å². The lowest BCUT2D eigenvalue weighted by Crippen LogP contribution is -2.22. The number of nitrogens with two attached hydrogens (primary N) is 1. The molecule has 1 aliphatic rings. The normalized spacial score (nSPS) is 15.1. The summed E-state index contributed by atoms with van der Waals surface area (Å²) in [5, 5.41) is 0. The molecule has 0 aliphatic carbocycles. The van der Waals surface area contributed by atoms with Gasteiger partial charge < -0.3 is 19.9 Å². The van der Waals surface area contributed by atoms with Crippen LogP contribution in [0.15, 0.2) is 36.4 Å². The van der Waals surface area contributed by atoms with Crippen molar-refractivity contribution in [2.24, 2.45) is 5.73 Å². The molecule has 5 heteroatoms. The molecule has 0 bridgehead atoms. The number of rotatable bonds is 3. The van der Waals surface area contributed by atoms with E-state index in [0.717, 1.165) is 33.9 Å². The summed E-state index contributed by atoms with van der Waals surface area (Å²) in [6.07, 6.45) is -0.167. The van der Waals surface area contributed by atoms with Crippen molar-refractivity contribution in [1.29, 1.82) is 0 Å². The maximum atomic E-state index is 5.99. The fraction of sp³-hybridized carbons (Fsp3) is 0.250. The highest BCUT2D eigenvalue weighted by Gasteiger charge is 2.30. The molecule has 0 aromatic heterocycles. The van der Waals surface area contributed by atoms with Gasteiger partial charge in [-0.15, -0.1) is 12.4 Å². The van der Waals surface area contributed by atoms with Gasteiger partial charge in [0.2, 0.25) is 0 Å². The van der Waals surface area contributed by atoms with Crippen LogP contribution in [-0.2, 0) is 0 Å². The van der Waals surface area contributed by atoms with Crippen LogP contribution in [0, 0.1) is 0 Å². The second-order valence-corrected chi connectivity index (χ2v) is 4.60. The first-order valence-electron chi connectivity index (χ1n) is 6.51. The number of benzene rings is 2. The molecule has 112 valence electrons. The van der Waals surface area contributed by atoms with E-state index in [1.54, 1.807) is 14.2 Å². The third-order valence-electron chi connectivity index (χ3n) is 3.57. The molecule has 21 heavy (non-hydrogen) atoms. The maximum absolute atomic E-state index is 5.99. The summed E-state index contributed by atoms with van der Waals surface area (Å²) in [7, 11) is 3.32. The highest BCUT2D eigenvalue weighted by atomic mass is 35.5. The van der Waals surface area contributed by atoms with E-state index in [0.29, 0.717) is 6.54 Å². The zero-order valence-corrected chi connectivity index (χ0v) is 12.8. The van der Waals surface area contributed by atoms with Crippen molar-refractivity contribution in [2.45, 2.75) is 6.10 Å². The van der Waals surface area contributed by atoms with Gasteiger partial charge in [0.15, 0.2) is 0 Å². The Kier molecular flexibility index (Phi) is 4.60. The van der Waals surface area contributed by atoms with E-state index >= 15 is 0 Å². The Labute approximate surface area is 130 Å². The van der Waals surface area contributed by atoms with E-state index in [-0.39, 0.29) is 18.5 Å². The number of ether oxygens (including phenoxy) is 3. The maximum Gasteiger partial charge on any atom is 0.137 e. The zero-order valence-electron chi connectivity index (χ0n) is 12.0. The molecule has 2 N–H and O–H groups in total. The number of hydrogen-bond donors (Lipinski definition) is 1. The molecule has 1 unspecified atom stereocenters. The molecule has 0 fully saturated rings. The van der Waals surface area contributed by atoms with Gasteiger partial charge in [0.05, 0.1) is 19.8 Å². The van der Waals surface area contributed by atoms with Crippen LogP contribution in [0.5, 0.6) is 17.2 Å². The van der Waals surface area contributed by atoms with Crippen LogP contribution >= 0.6 is 12.4 Å². The molecule has 0 amide bonds. The van der Waals surface area contributed by atoms with Crippen LogP contribution in [-0.4, -0.2) is 20.8 Å². The lowest BCUT2D eigenvalue weighted by molar-refractivity contribution is 0.209. The first-order valence-corrected chi connectivity index (χ1v) is 6.51. The molecule has 0 radical (unpaired) electrons. The van der Waals surface area contributed by atoms with Crippen molar-refractivity contribution in [3.63, 3.8) is 0 Å². The largest absolute Gasteiger partial charge is 0.496 e. The Bertz CT molecular complexity index is 645. The molecule has 0 saturated carbocycles. The smallest absolute Gasteiger partial charge is 0.137 e. The van der Waals surface area contributed by atoms with Gasteiger partial charge in [-0.1, -0.05) is 18.2 Å². The predicted octanol–water partition coefficient (Wildman–Crippen LogP) is 3.18. The summed E-state index contributed by atoms with van der Waals surface area (Å²) >= 11 is 0. The monoisotopic (exact) mass is 307 g/mol. The van der Waals surface area contributed by atoms with E-state index < -0.39 is 0 Å². The molecule has 1 heterocycles. The van der Waals surface area contributed by atoms with Crippen molar-refractivity contribution in [3.05, 3.63) is 42.0 Å². The number of halogens is 1. The van der Waals surface area contributed by atoms with Crippen LogP contribution in [0.3, 0.4) is 0 Å². The van der Waals surface area contributed by atoms with Gasteiger partial charge in [0.1, 0.15) is 23.4 Å². The topological polar surface area (TPSA) is 53.7 Å². The molecule has 1 atom stereocenters. The van der Waals surface area contributed by atoms with Gasteiger partial charge in [0, 0.05) is 17.7 Å². The Morgan fingerprint density at radius 3 is 2.24 bits per heavy atom. The van der Waals surface area contributed by atoms with Crippen LogP contribution in [0.25, 0.3) is 11.1 Å². The highest BCUT2D eigenvalue weighted by molar-refractivity contribution is 5.85. The van der Waals surface area contributed by atoms with E-state index in [4.69, 9.17) is 19.9 Å². The Morgan fingerprint density at radius 1 is 1.00 bits per heavy atom. The molecule has 2 aromatic rings. The van der Waals surface area contributed by atoms with Crippen molar-refractivity contribution >= 4 is 12.4 Å². The molecule has 0 saturated heterocycles. The van der Waals surface area contributed by atoms with Crippen LogP contribution in [0.1, 0.15) is 11.7 Å². The molecular formula is C16H18ClNO3. The van der Waals surface area contributed by atoms with Crippen molar-refractivity contribution in [2.75, 3.05) is 20.8 Å². The van der Waals surface area contributed by atoms with E-state index in [1.807, 2.05) is 36.4 Å². The first kappa shape index (κ1) is 15.5. The van der Waals surface area contributed by atoms with Crippen LogP contribution in [0.2, 0.25) is 0 Å². The minimum atomic E-state index is -0.167. The van der Waals surface area contributed by atoms with Gasteiger partial charge in [-0.05, 0) is 18.2 Å². The predicted molar refractivity (Wildman–Crippen MR) is 84.7 cm³/mol. The molecule has 1 aliphatic heterocycles. The van der Waals surface area contributed by atoms with E-state index in [1.165, 1.54) is 0 Å². The summed E-state index contributed by atoms with van der Waals surface area (Å²) in [5.41, 5.74) is 8.80. The number of hydrogen-bond acceptors (Lipinski definition) is 4. The number of fused-ring (bicyclic) bond motifs is 3. The molecule has 2 aromatic carbocycles.